The first-order chi connectivity index (χ1) is 10.9. The second-order valence-electron chi connectivity index (χ2n) is 4.54. The van der Waals surface area contributed by atoms with Crippen molar-refractivity contribution < 1.29 is 24.4 Å². The average molecular weight is 322 g/mol. The Balaban J connectivity index is 3.00. The van der Waals surface area contributed by atoms with Crippen LogP contribution in [0, 0.1) is 10.1 Å². The summed E-state index contributed by atoms with van der Waals surface area (Å²) in [6.45, 7) is 3.66. The van der Waals surface area contributed by atoms with E-state index in [2.05, 4.69) is 5.32 Å². The van der Waals surface area contributed by atoms with Gasteiger partial charge in [0.05, 0.1) is 11.5 Å². The number of ether oxygens (including phenoxy) is 1. The number of allylic oxidation sites excluding steroid dienone is 1. The molecule has 1 rings (SSSR count). The van der Waals surface area contributed by atoms with Gasteiger partial charge < -0.3 is 15.2 Å². The van der Waals surface area contributed by atoms with E-state index in [1.54, 1.807) is 26.0 Å². The number of carbonyl (C=O) groups excluding carboxylic acids is 1. The number of carboxylic acid groups (broad SMARTS) is 1. The molecule has 2 N–H and O–H groups in total. The number of aliphatic carboxylic acids is 1. The number of rotatable bonds is 8. The number of nitro benzene ring substituents is 1. The first-order valence-corrected chi connectivity index (χ1v) is 6.96. The highest BCUT2D eigenvalue weighted by atomic mass is 16.6. The molecule has 8 heteroatoms. The average Bonchev–Trinajstić information content (AvgIpc) is 2.51. The number of nitro groups is 1. The molecule has 124 valence electrons. The highest BCUT2D eigenvalue weighted by Gasteiger charge is 2.22. The maximum atomic E-state index is 12.1. The van der Waals surface area contributed by atoms with E-state index in [0.29, 0.717) is 0 Å². The fraction of sp³-hybridized carbons (Fsp3) is 0.333. The van der Waals surface area contributed by atoms with Crippen LogP contribution < -0.4 is 10.1 Å². The lowest BCUT2D eigenvalue weighted by molar-refractivity contribution is -0.385. The maximum Gasteiger partial charge on any atom is 0.326 e. The lowest BCUT2D eigenvalue weighted by Gasteiger charge is -2.13. The minimum Gasteiger partial charge on any atom is -0.487 e. The minimum absolute atomic E-state index is 0.00752. The van der Waals surface area contributed by atoms with Crippen LogP contribution in [0.5, 0.6) is 5.75 Å². The molecule has 1 aromatic carbocycles. The summed E-state index contributed by atoms with van der Waals surface area (Å²) < 4.78 is 5.13. The molecule has 0 aliphatic heterocycles. The topological polar surface area (TPSA) is 119 Å². The number of carbonyl (C=O) groups is 2. The SMILES string of the molecule is C/C=C/CC(NC(=O)c1ccc(OCC)c([N+](=O)[O-])c1)C(=O)O. The van der Waals surface area contributed by atoms with Crippen molar-refractivity contribution in [3.63, 3.8) is 0 Å². The Morgan fingerprint density at radius 1 is 1.48 bits per heavy atom. The molecule has 0 spiro atoms. The third kappa shape index (κ3) is 5.10. The second-order valence-corrected chi connectivity index (χ2v) is 4.54. The summed E-state index contributed by atoms with van der Waals surface area (Å²) in [6, 6.07) is 2.62. The van der Waals surface area contributed by atoms with E-state index in [1.165, 1.54) is 12.1 Å². The van der Waals surface area contributed by atoms with Crippen LogP contribution in [0.15, 0.2) is 30.4 Å². The lowest BCUT2D eigenvalue weighted by atomic mass is 10.1. The fourth-order valence-corrected chi connectivity index (χ4v) is 1.81. The van der Waals surface area contributed by atoms with Crippen LogP contribution in [-0.4, -0.2) is 34.6 Å². The smallest absolute Gasteiger partial charge is 0.326 e. The van der Waals surface area contributed by atoms with Gasteiger partial charge in [0.25, 0.3) is 5.91 Å². The minimum atomic E-state index is -1.18. The molecule has 0 aliphatic carbocycles. The molecular weight excluding hydrogens is 304 g/mol. The fourth-order valence-electron chi connectivity index (χ4n) is 1.81. The molecule has 0 fully saturated rings. The van der Waals surface area contributed by atoms with Crippen LogP contribution in [0.2, 0.25) is 0 Å². The Morgan fingerprint density at radius 2 is 2.17 bits per heavy atom. The van der Waals surface area contributed by atoms with Crippen molar-refractivity contribution in [1.82, 2.24) is 5.32 Å². The van der Waals surface area contributed by atoms with Crippen molar-refractivity contribution in [2.75, 3.05) is 6.61 Å². The summed E-state index contributed by atoms with van der Waals surface area (Å²) >= 11 is 0. The first-order valence-electron chi connectivity index (χ1n) is 6.96. The van der Waals surface area contributed by atoms with Gasteiger partial charge in [-0.2, -0.15) is 0 Å². The largest absolute Gasteiger partial charge is 0.487 e. The zero-order chi connectivity index (χ0) is 17.4. The van der Waals surface area contributed by atoms with E-state index in [1.807, 2.05) is 0 Å². The second kappa shape index (κ2) is 8.52. The molecule has 0 bridgehead atoms. The van der Waals surface area contributed by atoms with Gasteiger partial charge in [0.15, 0.2) is 5.75 Å². The number of nitrogens with one attached hydrogen (secondary N) is 1. The third-order valence-electron chi connectivity index (χ3n) is 2.93. The Labute approximate surface area is 132 Å². The van der Waals surface area contributed by atoms with Crippen LogP contribution in [-0.2, 0) is 4.79 Å². The summed E-state index contributed by atoms with van der Waals surface area (Å²) in [5.41, 5.74) is -0.355. The Bertz CT molecular complexity index is 626. The Hall–Kier alpha value is -2.90. The van der Waals surface area contributed by atoms with Gasteiger partial charge in [-0.05, 0) is 32.4 Å². The van der Waals surface area contributed by atoms with Crippen LogP contribution in [0.4, 0.5) is 5.69 Å². The van der Waals surface area contributed by atoms with Crippen LogP contribution in [0.3, 0.4) is 0 Å². The molecule has 8 nitrogen and oxygen atoms in total. The number of carboxylic acids is 1. The highest BCUT2D eigenvalue weighted by molar-refractivity contribution is 5.97. The summed E-state index contributed by atoms with van der Waals surface area (Å²) in [5.74, 6) is -1.83. The van der Waals surface area contributed by atoms with Gasteiger partial charge in [0.1, 0.15) is 6.04 Å². The van der Waals surface area contributed by atoms with Gasteiger partial charge in [-0.3, -0.25) is 14.9 Å². The quantitative estimate of drug-likeness (QED) is 0.430. The maximum absolute atomic E-state index is 12.1. The number of hydrogen-bond donors (Lipinski definition) is 2. The molecule has 0 aromatic heterocycles. The van der Waals surface area contributed by atoms with E-state index in [-0.39, 0.29) is 30.0 Å². The van der Waals surface area contributed by atoms with Crippen LogP contribution in [0.25, 0.3) is 0 Å². The van der Waals surface area contributed by atoms with E-state index in [4.69, 9.17) is 9.84 Å². The molecule has 0 aliphatic rings. The Morgan fingerprint density at radius 3 is 2.70 bits per heavy atom. The molecule has 0 radical (unpaired) electrons. The number of amides is 1. The van der Waals surface area contributed by atoms with Crippen molar-refractivity contribution in [3.8, 4) is 5.75 Å². The molecule has 1 atom stereocenters. The molecule has 0 saturated heterocycles. The van der Waals surface area contributed by atoms with Gasteiger partial charge >= 0.3 is 11.7 Å². The predicted octanol–water partition coefficient (Wildman–Crippen LogP) is 2.14. The standard InChI is InChI=1S/C15H18N2O6/c1-3-5-6-11(15(19)20)16-14(18)10-7-8-13(23-4-2)12(9-10)17(21)22/h3,5,7-9,11H,4,6H2,1-2H3,(H,16,18)(H,19,20)/b5-3+. The summed E-state index contributed by atoms with van der Waals surface area (Å²) in [4.78, 5) is 33.6. The lowest BCUT2D eigenvalue weighted by Crippen LogP contribution is -2.40. The van der Waals surface area contributed by atoms with Crippen molar-refractivity contribution in [1.29, 1.82) is 0 Å². The van der Waals surface area contributed by atoms with E-state index < -0.39 is 22.8 Å². The molecule has 0 saturated carbocycles. The molecule has 1 unspecified atom stereocenters. The summed E-state index contributed by atoms with van der Waals surface area (Å²) in [6.07, 6.45) is 3.40. The predicted molar refractivity (Wildman–Crippen MR) is 82.6 cm³/mol. The monoisotopic (exact) mass is 322 g/mol. The molecular formula is C15H18N2O6. The number of benzene rings is 1. The molecule has 0 heterocycles. The van der Waals surface area contributed by atoms with Gasteiger partial charge in [-0.25, -0.2) is 4.79 Å². The van der Waals surface area contributed by atoms with Crippen molar-refractivity contribution in [3.05, 3.63) is 46.0 Å². The van der Waals surface area contributed by atoms with Gasteiger partial charge in [0.2, 0.25) is 0 Å². The summed E-state index contributed by atoms with van der Waals surface area (Å²) in [5, 5.41) is 22.4. The zero-order valence-electron chi connectivity index (χ0n) is 12.8. The molecule has 23 heavy (non-hydrogen) atoms. The number of hydrogen-bond acceptors (Lipinski definition) is 5. The molecule has 1 aromatic rings. The van der Waals surface area contributed by atoms with E-state index in [9.17, 15) is 19.7 Å². The Kier molecular flexibility index (Phi) is 6.72. The van der Waals surface area contributed by atoms with Crippen LogP contribution in [0.1, 0.15) is 30.6 Å². The normalized spacial score (nSPS) is 11.9. The van der Waals surface area contributed by atoms with Gasteiger partial charge in [-0.15, -0.1) is 0 Å². The van der Waals surface area contributed by atoms with Crippen molar-refractivity contribution in [2.24, 2.45) is 0 Å². The first kappa shape index (κ1) is 18.1. The van der Waals surface area contributed by atoms with Crippen molar-refractivity contribution >= 4 is 17.6 Å². The number of nitrogens with zero attached hydrogens (tertiary/aromatic N) is 1. The summed E-state index contributed by atoms with van der Waals surface area (Å²) in [7, 11) is 0. The zero-order valence-corrected chi connectivity index (χ0v) is 12.8. The highest BCUT2D eigenvalue weighted by Crippen LogP contribution is 2.28. The van der Waals surface area contributed by atoms with Crippen LogP contribution >= 0.6 is 0 Å². The van der Waals surface area contributed by atoms with E-state index in [0.717, 1.165) is 6.07 Å². The van der Waals surface area contributed by atoms with E-state index >= 15 is 0 Å². The molecule has 1 amide bonds. The van der Waals surface area contributed by atoms with Gasteiger partial charge in [0, 0.05) is 11.6 Å². The van der Waals surface area contributed by atoms with Gasteiger partial charge in [-0.1, -0.05) is 12.2 Å². The van der Waals surface area contributed by atoms with Crippen molar-refractivity contribution in [2.45, 2.75) is 26.3 Å². The third-order valence-corrected chi connectivity index (χ3v) is 2.93.